The molecule has 1 aromatic heterocycles. The molecule has 2 aromatic carbocycles. The van der Waals surface area contributed by atoms with Crippen LogP contribution in [0.2, 0.25) is 0 Å². The standard InChI is InChI=1S/C14H11F2N5/c1-8-10(3-2-4-12(8)17)14-18-19-20-21(14)13-6-5-9(15)7-11(13)16/h2-7H,17H2,1H3. The van der Waals surface area contributed by atoms with Crippen molar-refractivity contribution in [1.82, 2.24) is 20.2 Å². The van der Waals surface area contributed by atoms with Gasteiger partial charge in [-0.1, -0.05) is 12.1 Å². The maximum Gasteiger partial charge on any atom is 0.187 e. The average Bonchev–Trinajstić information content (AvgIpc) is 2.91. The molecule has 3 rings (SSSR count). The molecule has 0 spiro atoms. The monoisotopic (exact) mass is 287 g/mol. The minimum Gasteiger partial charge on any atom is -0.398 e. The normalized spacial score (nSPS) is 10.8. The van der Waals surface area contributed by atoms with E-state index in [1.54, 1.807) is 18.2 Å². The van der Waals surface area contributed by atoms with Crippen molar-refractivity contribution in [2.45, 2.75) is 6.92 Å². The van der Waals surface area contributed by atoms with Gasteiger partial charge in [-0.15, -0.1) is 5.10 Å². The van der Waals surface area contributed by atoms with Gasteiger partial charge in [0.05, 0.1) is 0 Å². The molecule has 7 heteroatoms. The first kappa shape index (κ1) is 13.2. The van der Waals surface area contributed by atoms with E-state index in [9.17, 15) is 8.78 Å². The predicted molar refractivity (Wildman–Crippen MR) is 73.7 cm³/mol. The summed E-state index contributed by atoms with van der Waals surface area (Å²) in [6.45, 7) is 1.82. The van der Waals surface area contributed by atoms with Crippen molar-refractivity contribution in [2.75, 3.05) is 5.73 Å². The molecule has 0 aliphatic heterocycles. The summed E-state index contributed by atoms with van der Waals surface area (Å²) in [7, 11) is 0. The number of nitrogens with two attached hydrogens (primary N) is 1. The van der Waals surface area contributed by atoms with E-state index in [0.717, 1.165) is 17.7 Å². The number of benzene rings is 2. The van der Waals surface area contributed by atoms with E-state index in [1.807, 2.05) is 6.92 Å². The molecule has 2 N–H and O–H groups in total. The van der Waals surface area contributed by atoms with Crippen LogP contribution in [0, 0.1) is 18.6 Å². The third kappa shape index (κ3) is 2.22. The number of rotatable bonds is 2. The molecule has 0 aliphatic rings. The van der Waals surface area contributed by atoms with Gasteiger partial charge < -0.3 is 5.73 Å². The Morgan fingerprint density at radius 3 is 2.71 bits per heavy atom. The lowest BCUT2D eigenvalue weighted by atomic mass is 10.1. The van der Waals surface area contributed by atoms with Crippen molar-refractivity contribution in [3.8, 4) is 17.1 Å². The van der Waals surface area contributed by atoms with Crippen LogP contribution in [-0.4, -0.2) is 20.2 Å². The van der Waals surface area contributed by atoms with Gasteiger partial charge in [0, 0.05) is 17.3 Å². The first-order valence-electron chi connectivity index (χ1n) is 6.17. The fraction of sp³-hybridized carbons (Fsp3) is 0.0714. The number of hydrogen-bond donors (Lipinski definition) is 1. The molecule has 0 bridgehead atoms. The predicted octanol–water partition coefficient (Wildman–Crippen LogP) is 2.50. The van der Waals surface area contributed by atoms with Crippen molar-refractivity contribution in [3.63, 3.8) is 0 Å². The van der Waals surface area contributed by atoms with Crippen LogP contribution in [0.25, 0.3) is 17.1 Å². The van der Waals surface area contributed by atoms with E-state index < -0.39 is 11.6 Å². The van der Waals surface area contributed by atoms with E-state index in [1.165, 1.54) is 10.7 Å². The highest BCUT2D eigenvalue weighted by molar-refractivity contribution is 5.68. The van der Waals surface area contributed by atoms with Gasteiger partial charge in [0.1, 0.15) is 11.5 Å². The van der Waals surface area contributed by atoms with Gasteiger partial charge in [-0.25, -0.2) is 8.78 Å². The van der Waals surface area contributed by atoms with Crippen LogP contribution < -0.4 is 5.73 Å². The Morgan fingerprint density at radius 2 is 1.95 bits per heavy atom. The van der Waals surface area contributed by atoms with Gasteiger partial charge in [0.25, 0.3) is 0 Å². The fourth-order valence-corrected chi connectivity index (χ4v) is 2.07. The van der Waals surface area contributed by atoms with Crippen LogP contribution in [0.4, 0.5) is 14.5 Å². The maximum absolute atomic E-state index is 13.9. The molecule has 5 nitrogen and oxygen atoms in total. The molecular formula is C14H11F2N5. The Kier molecular flexibility index (Phi) is 3.09. The maximum atomic E-state index is 13.9. The summed E-state index contributed by atoms with van der Waals surface area (Å²) >= 11 is 0. The van der Waals surface area contributed by atoms with Crippen molar-refractivity contribution in [2.24, 2.45) is 0 Å². The van der Waals surface area contributed by atoms with Crippen LogP contribution in [0.5, 0.6) is 0 Å². The molecule has 21 heavy (non-hydrogen) atoms. The second-order valence-electron chi connectivity index (χ2n) is 4.53. The number of aromatic nitrogens is 4. The molecule has 0 radical (unpaired) electrons. The minimum absolute atomic E-state index is 0.0678. The number of nitrogens with zero attached hydrogens (tertiary/aromatic N) is 4. The number of halogens is 2. The summed E-state index contributed by atoms with van der Waals surface area (Å²) in [6, 6.07) is 8.52. The van der Waals surface area contributed by atoms with Gasteiger partial charge >= 0.3 is 0 Å². The van der Waals surface area contributed by atoms with E-state index in [4.69, 9.17) is 5.73 Å². The minimum atomic E-state index is -0.745. The third-order valence-electron chi connectivity index (χ3n) is 3.22. The Balaban J connectivity index is 2.20. The Hall–Kier alpha value is -2.83. The van der Waals surface area contributed by atoms with Gasteiger partial charge in [0.15, 0.2) is 11.6 Å². The highest BCUT2D eigenvalue weighted by Crippen LogP contribution is 2.27. The smallest absolute Gasteiger partial charge is 0.187 e. The van der Waals surface area contributed by atoms with Crippen LogP contribution in [0.15, 0.2) is 36.4 Å². The van der Waals surface area contributed by atoms with Gasteiger partial charge in [-0.3, -0.25) is 0 Å². The van der Waals surface area contributed by atoms with Gasteiger partial charge in [-0.05, 0) is 41.1 Å². The third-order valence-corrected chi connectivity index (χ3v) is 3.22. The van der Waals surface area contributed by atoms with Gasteiger partial charge in [-0.2, -0.15) is 4.68 Å². The Bertz CT molecular complexity index is 813. The molecule has 0 aliphatic carbocycles. The van der Waals surface area contributed by atoms with E-state index in [2.05, 4.69) is 15.5 Å². The van der Waals surface area contributed by atoms with E-state index in [0.29, 0.717) is 17.1 Å². The van der Waals surface area contributed by atoms with Crippen LogP contribution in [0.3, 0.4) is 0 Å². The fourth-order valence-electron chi connectivity index (χ4n) is 2.07. The average molecular weight is 287 g/mol. The Labute approximate surface area is 119 Å². The quantitative estimate of drug-likeness (QED) is 0.735. The first-order chi connectivity index (χ1) is 10.1. The lowest BCUT2D eigenvalue weighted by molar-refractivity contribution is 0.572. The molecule has 1 heterocycles. The summed E-state index contributed by atoms with van der Waals surface area (Å²) in [5, 5.41) is 11.3. The van der Waals surface area contributed by atoms with Crippen molar-refractivity contribution in [1.29, 1.82) is 0 Å². The van der Waals surface area contributed by atoms with E-state index >= 15 is 0 Å². The number of anilines is 1. The molecule has 0 saturated heterocycles. The number of hydrogen-bond acceptors (Lipinski definition) is 4. The lowest BCUT2D eigenvalue weighted by Gasteiger charge is -2.09. The summed E-state index contributed by atoms with van der Waals surface area (Å²) in [5.74, 6) is -1.07. The first-order valence-corrected chi connectivity index (χ1v) is 6.17. The van der Waals surface area contributed by atoms with E-state index in [-0.39, 0.29) is 5.69 Å². The SMILES string of the molecule is Cc1c(N)cccc1-c1nnnn1-c1ccc(F)cc1F. The number of tetrazole rings is 1. The highest BCUT2D eigenvalue weighted by Gasteiger charge is 2.16. The molecule has 0 unspecified atom stereocenters. The summed E-state index contributed by atoms with van der Waals surface area (Å²) in [6.07, 6.45) is 0. The molecule has 0 amide bonds. The molecule has 3 aromatic rings. The molecule has 0 atom stereocenters. The van der Waals surface area contributed by atoms with Crippen molar-refractivity contribution in [3.05, 3.63) is 53.6 Å². The molecule has 106 valence electrons. The summed E-state index contributed by atoms with van der Waals surface area (Å²) in [4.78, 5) is 0. The van der Waals surface area contributed by atoms with Crippen molar-refractivity contribution < 1.29 is 8.78 Å². The Morgan fingerprint density at radius 1 is 1.14 bits per heavy atom. The molecule has 0 saturated carbocycles. The van der Waals surface area contributed by atoms with Crippen LogP contribution >= 0.6 is 0 Å². The molecular weight excluding hydrogens is 276 g/mol. The van der Waals surface area contributed by atoms with Crippen LogP contribution in [-0.2, 0) is 0 Å². The zero-order valence-corrected chi connectivity index (χ0v) is 11.1. The lowest BCUT2D eigenvalue weighted by Crippen LogP contribution is -2.04. The van der Waals surface area contributed by atoms with Crippen LogP contribution in [0.1, 0.15) is 5.56 Å². The second-order valence-corrected chi connectivity index (χ2v) is 4.53. The number of nitrogen functional groups attached to an aromatic ring is 1. The molecule has 0 fully saturated rings. The van der Waals surface area contributed by atoms with Crippen molar-refractivity contribution >= 4 is 5.69 Å². The highest BCUT2D eigenvalue weighted by atomic mass is 19.1. The zero-order valence-electron chi connectivity index (χ0n) is 11.1. The topological polar surface area (TPSA) is 69.6 Å². The zero-order chi connectivity index (χ0) is 15.0. The summed E-state index contributed by atoms with van der Waals surface area (Å²) in [5.41, 5.74) is 7.99. The summed E-state index contributed by atoms with van der Waals surface area (Å²) < 4.78 is 28.1. The van der Waals surface area contributed by atoms with Gasteiger partial charge in [0.2, 0.25) is 0 Å². The second kappa shape index (κ2) is 4.93. The largest absolute Gasteiger partial charge is 0.398 e.